The average molecular weight is 662 g/mol. The molecule has 0 bridgehead atoms. The average Bonchev–Trinajstić information content (AvgIpc) is 3.38. The molecule has 9 atom stereocenters. The van der Waals surface area contributed by atoms with E-state index in [1.54, 1.807) is 12.1 Å². The normalized spacial score (nSPS) is 43.9. The van der Waals surface area contributed by atoms with Crippen molar-refractivity contribution in [3.8, 4) is 0 Å². The molecule has 4 saturated carbocycles. The number of hydrogen-bond donors (Lipinski definition) is 1. The summed E-state index contributed by atoms with van der Waals surface area (Å²) in [6.45, 7) is 22.3. The molecule has 5 nitrogen and oxygen atoms in total. The Morgan fingerprint density at radius 2 is 1.57 bits per heavy atom. The Morgan fingerprint density at radius 3 is 2.21 bits per heavy atom. The molecule has 1 unspecified atom stereocenters. The van der Waals surface area contributed by atoms with Crippen LogP contribution in [0.25, 0.3) is 5.57 Å². The van der Waals surface area contributed by atoms with E-state index in [9.17, 15) is 18.3 Å². The van der Waals surface area contributed by atoms with Gasteiger partial charge in [-0.2, -0.15) is 0 Å². The second-order valence-electron chi connectivity index (χ2n) is 18.4. The number of aromatic carboxylic acids is 1. The second kappa shape index (κ2) is 11.0. The quantitative estimate of drug-likeness (QED) is 0.320. The largest absolute Gasteiger partial charge is 0.478 e. The van der Waals surface area contributed by atoms with Gasteiger partial charge in [0.25, 0.3) is 0 Å². The van der Waals surface area contributed by atoms with Gasteiger partial charge in [-0.25, -0.2) is 13.2 Å². The van der Waals surface area contributed by atoms with Crippen molar-refractivity contribution in [2.45, 2.75) is 99.3 Å². The fourth-order valence-electron chi connectivity index (χ4n) is 13.8. The first-order valence-corrected chi connectivity index (χ1v) is 20.4. The lowest BCUT2D eigenvalue weighted by atomic mass is 9.32. The first-order valence-electron chi connectivity index (χ1n) is 18.6. The van der Waals surface area contributed by atoms with E-state index in [-0.39, 0.29) is 27.1 Å². The third kappa shape index (κ3) is 4.91. The van der Waals surface area contributed by atoms with Gasteiger partial charge in [0.15, 0.2) is 9.84 Å². The van der Waals surface area contributed by atoms with Gasteiger partial charge < -0.3 is 10.0 Å². The topological polar surface area (TPSA) is 74.7 Å². The maximum absolute atomic E-state index is 12.3. The van der Waals surface area contributed by atoms with Crippen molar-refractivity contribution >= 4 is 21.4 Å². The van der Waals surface area contributed by atoms with Gasteiger partial charge in [0.2, 0.25) is 0 Å². The number of carbonyl (C=O) groups is 1. The summed E-state index contributed by atoms with van der Waals surface area (Å²) in [5.41, 5.74) is 5.36. The predicted molar refractivity (Wildman–Crippen MR) is 191 cm³/mol. The lowest BCUT2D eigenvalue weighted by Gasteiger charge is -2.72. The van der Waals surface area contributed by atoms with Gasteiger partial charge in [-0.05, 0) is 145 Å². The monoisotopic (exact) mass is 661 g/mol. The molecule has 0 aromatic heterocycles. The fourth-order valence-corrected chi connectivity index (χ4v) is 15.1. The first kappa shape index (κ1) is 33.6. The number of nitrogens with zero attached hydrogens (tertiary/aromatic N) is 1. The highest BCUT2D eigenvalue weighted by Gasteiger charge is 2.70. The summed E-state index contributed by atoms with van der Waals surface area (Å²) in [4.78, 5) is 14.1. The standard InChI is InChI=1S/C41H59NO4S/c1-27(2)30-14-19-41(26-42-22-24-47(45,46)25-23-42)21-20-39(6)32(35(30)41)12-13-34-38(5)17-15-31(28-8-10-29(11-9-28)36(43)44)37(3,4)33(38)16-18-40(34,39)7/h8-11,15,30,32-35H,1,12-14,16-26H2,2-7H3,(H,43,44)/t30-,32?,33-,34+,35+,38-,39+,40+,41+/m0/s1. The molecule has 1 saturated heterocycles. The van der Waals surface area contributed by atoms with Crippen LogP contribution in [0.4, 0.5) is 0 Å². The summed E-state index contributed by atoms with van der Waals surface area (Å²) >= 11 is 0. The molecule has 0 amide bonds. The van der Waals surface area contributed by atoms with E-state index >= 15 is 0 Å². The molecule has 1 N–H and O–H groups in total. The van der Waals surface area contributed by atoms with E-state index in [4.69, 9.17) is 0 Å². The van der Waals surface area contributed by atoms with Crippen LogP contribution in [0.2, 0.25) is 0 Å². The number of hydrogen-bond acceptors (Lipinski definition) is 4. The molecule has 47 heavy (non-hydrogen) atoms. The molecular formula is C41H59NO4S. The molecule has 1 heterocycles. The molecule has 0 radical (unpaired) electrons. The highest BCUT2D eigenvalue weighted by atomic mass is 32.2. The molecule has 1 aromatic rings. The van der Waals surface area contributed by atoms with Gasteiger partial charge in [0.05, 0.1) is 17.1 Å². The minimum Gasteiger partial charge on any atom is -0.478 e. The molecular weight excluding hydrogens is 603 g/mol. The van der Waals surface area contributed by atoms with Crippen molar-refractivity contribution in [1.29, 1.82) is 0 Å². The van der Waals surface area contributed by atoms with E-state index in [2.05, 4.69) is 59.1 Å². The summed E-state index contributed by atoms with van der Waals surface area (Å²) in [7, 11) is -2.88. The third-order valence-electron chi connectivity index (χ3n) is 16.2. The summed E-state index contributed by atoms with van der Waals surface area (Å²) in [6, 6.07) is 7.57. The lowest BCUT2D eigenvalue weighted by Crippen LogP contribution is -2.66. The van der Waals surface area contributed by atoms with Gasteiger partial charge in [0, 0.05) is 19.6 Å². The maximum Gasteiger partial charge on any atom is 0.335 e. The number of allylic oxidation sites excluding steroid dienone is 3. The lowest BCUT2D eigenvalue weighted by molar-refractivity contribution is -0.226. The number of sulfone groups is 1. The minimum absolute atomic E-state index is 0.0109. The van der Waals surface area contributed by atoms with Crippen LogP contribution in [0.15, 0.2) is 42.5 Å². The van der Waals surface area contributed by atoms with Crippen molar-refractivity contribution in [3.05, 3.63) is 53.6 Å². The SMILES string of the molecule is C=C(C)[C@@H]1CC[C@]2(CN3CCS(=O)(=O)CC3)CC[C@]3(C)C(CC[C@@H]4[C@@]5(C)CC=C(c6ccc(C(=O)O)cc6)C(C)(C)[C@@H]5CC[C@]43C)[C@@H]12. The van der Waals surface area contributed by atoms with Gasteiger partial charge in [-0.1, -0.05) is 65.0 Å². The van der Waals surface area contributed by atoms with Crippen LogP contribution >= 0.6 is 0 Å². The minimum atomic E-state index is -2.88. The Labute approximate surface area is 284 Å². The fraction of sp³-hybridized carbons (Fsp3) is 0.732. The molecule has 1 aliphatic heterocycles. The molecule has 258 valence electrons. The molecule has 5 aliphatic carbocycles. The number of carboxylic acids is 1. The summed E-state index contributed by atoms with van der Waals surface area (Å²) in [5, 5.41) is 9.47. The van der Waals surface area contributed by atoms with Gasteiger partial charge in [-0.3, -0.25) is 0 Å². The highest BCUT2D eigenvalue weighted by Crippen LogP contribution is 2.77. The number of rotatable bonds is 5. The Morgan fingerprint density at radius 1 is 0.894 bits per heavy atom. The molecule has 7 rings (SSSR count). The van der Waals surface area contributed by atoms with E-state index in [0.29, 0.717) is 59.7 Å². The zero-order valence-corrected chi connectivity index (χ0v) is 30.7. The van der Waals surface area contributed by atoms with Crippen LogP contribution in [0.3, 0.4) is 0 Å². The van der Waals surface area contributed by atoms with Crippen molar-refractivity contribution < 1.29 is 18.3 Å². The Hall–Kier alpha value is -1.92. The van der Waals surface area contributed by atoms with Gasteiger partial charge in [-0.15, -0.1) is 0 Å². The molecule has 5 fully saturated rings. The maximum atomic E-state index is 12.3. The van der Waals surface area contributed by atoms with Crippen LogP contribution in [-0.2, 0) is 9.84 Å². The first-order chi connectivity index (χ1) is 22.0. The smallest absolute Gasteiger partial charge is 0.335 e. The summed E-state index contributed by atoms with van der Waals surface area (Å²) < 4.78 is 24.6. The van der Waals surface area contributed by atoms with Crippen molar-refractivity contribution in [1.82, 2.24) is 4.90 Å². The van der Waals surface area contributed by atoms with Crippen molar-refractivity contribution in [3.63, 3.8) is 0 Å². The van der Waals surface area contributed by atoms with Crippen molar-refractivity contribution in [2.24, 2.45) is 56.7 Å². The number of benzene rings is 1. The Bertz CT molecular complexity index is 1580. The van der Waals surface area contributed by atoms with Crippen LogP contribution in [0, 0.1) is 56.7 Å². The van der Waals surface area contributed by atoms with Crippen LogP contribution < -0.4 is 0 Å². The molecule has 1 aromatic carbocycles. The third-order valence-corrected chi connectivity index (χ3v) is 17.8. The number of fused-ring (bicyclic) bond motifs is 7. The van der Waals surface area contributed by atoms with E-state index in [1.807, 2.05) is 12.1 Å². The Kier molecular flexibility index (Phi) is 7.89. The van der Waals surface area contributed by atoms with E-state index in [1.165, 1.54) is 68.1 Å². The zero-order chi connectivity index (χ0) is 33.8. The second-order valence-corrected chi connectivity index (χ2v) is 20.7. The van der Waals surface area contributed by atoms with Crippen LogP contribution in [0.5, 0.6) is 0 Å². The van der Waals surface area contributed by atoms with E-state index < -0.39 is 15.8 Å². The van der Waals surface area contributed by atoms with E-state index in [0.717, 1.165) is 13.0 Å². The molecule has 0 spiro atoms. The Balaban J connectivity index is 1.20. The highest BCUT2D eigenvalue weighted by molar-refractivity contribution is 7.91. The van der Waals surface area contributed by atoms with Crippen molar-refractivity contribution in [2.75, 3.05) is 31.1 Å². The molecule has 6 heteroatoms. The van der Waals surface area contributed by atoms with Gasteiger partial charge >= 0.3 is 5.97 Å². The molecule has 6 aliphatic rings. The summed E-state index contributed by atoms with van der Waals surface area (Å²) in [5.74, 6) is 2.93. The van der Waals surface area contributed by atoms with Gasteiger partial charge in [0.1, 0.15) is 0 Å². The van der Waals surface area contributed by atoms with Crippen LogP contribution in [0.1, 0.15) is 115 Å². The summed E-state index contributed by atoms with van der Waals surface area (Å²) in [6.07, 6.45) is 13.8. The predicted octanol–water partition coefficient (Wildman–Crippen LogP) is 8.77. The number of carboxylic acid groups (broad SMARTS) is 1. The zero-order valence-electron chi connectivity index (χ0n) is 29.9. The van der Waals surface area contributed by atoms with Crippen LogP contribution in [-0.4, -0.2) is 55.5 Å².